The van der Waals surface area contributed by atoms with E-state index in [2.05, 4.69) is 10.3 Å². The van der Waals surface area contributed by atoms with Crippen LogP contribution < -0.4 is 5.32 Å². The molecular weight excluding hydrogens is 292 g/mol. The van der Waals surface area contributed by atoms with Crippen molar-refractivity contribution in [1.82, 2.24) is 10.3 Å². The summed E-state index contributed by atoms with van der Waals surface area (Å²) in [5, 5.41) is 11.9. The molecule has 2 rings (SSSR count). The van der Waals surface area contributed by atoms with Crippen molar-refractivity contribution in [1.29, 1.82) is 0 Å². The van der Waals surface area contributed by atoms with E-state index < -0.39 is 5.97 Å². The fourth-order valence-corrected chi connectivity index (χ4v) is 1.99. The minimum absolute atomic E-state index is 0.242. The number of pyridine rings is 1. The number of carboxylic acids is 1. The molecule has 5 nitrogen and oxygen atoms in total. The number of amides is 1. The maximum atomic E-state index is 11.9. The first-order valence-electron chi connectivity index (χ1n) is 6.28. The van der Waals surface area contributed by atoms with Crippen molar-refractivity contribution in [2.75, 3.05) is 6.54 Å². The van der Waals surface area contributed by atoms with Crippen LogP contribution in [0.25, 0.3) is 0 Å². The van der Waals surface area contributed by atoms with Crippen LogP contribution in [0, 0.1) is 0 Å². The Morgan fingerprint density at radius 1 is 1.19 bits per heavy atom. The molecule has 0 saturated carbocycles. The molecule has 1 heterocycles. The summed E-state index contributed by atoms with van der Waals surface area (Å²) in [5.74, 6) is -1.22. The summed E-state index contributed by atoms with van der Waals surface area (Å²) in [4.78, 5) is 26.4. The predicted octanol–water partition coefficient (Wildman–Crippen LogP) is 2.41. The van der Waals surface area contributed by atoms with Gasteiger partial charge in [0.2, 0.25) is 0 Å². The molecule has 1 aromatic carbocycles. The van der Waals surface area contributed by atoms with Gasteiger partial charge in [-0.3, -0.25) is 9.78 Å². The van der Waals surface area contributed by atoms with E-state index in [0.29, 0.717) is 23.6 Å². The highest BCUT2D eigenvalue weighted by atomic mass is 35.5. The topological polar surface area (TPSA) is 79.3 Å². The van der Waals surface area contributed by atoms with E-state index in [1.807, 2.05) is 0 Å². The number of benzene rings is 1. The molecule has 0 radical (unpaired) electrons. The summed E-state index contributed by atoms with van der Waals surface area (Å²) < 4.78 is 0. The van der Waals surface area contributed by atoms with Gasteiger partial charge in [-0.25, -0.2) is 4.79 Å². The second-order valence-electron chi connectivity index (χ2n) is 4.36. The minimum atomic E-state index is -0.956. The van der Waals surface area contributed by atoms with E-state index in [9.17, 15) is 9.59 Å². The van der Waals surface area contributed by atoms with Gasteiger partial charge in [-0.1, -0.05) is 23.7 Å². The first-order chi connectivity index (χ1) is 10.1. The normalized spacial score (nSPS) is 10.1. The average molecular weight is 305 g/mol. The molecule has 0 aliphatic heterocycles. The maximum Gasteiger partial charge on any atom is 0.335 e. The highest BCUT2D eigenvalue weighted by Crippen LogP contribution is 2.12. The van der Waals surface area contributed by atoms with Crippen LogP contribution in [0.3, 0.4) is 0 Å². The van der Waals surface area contributed by atoms with Crippen LogP contribution in [0.5, 0.6) is 0 Å². The number of hydrogen-bond acceptors (Lipinski definition) is 3. The van der Waals surface area contributed by atoms with Crippen LogP contribution in [0.15, 0.2) is 42.7 Å². The zero-order valence-electron chi connectivity index (χ0n) is 11.0. The van der Waals surface area contributed by atoms with Crippen molar-refractivity contribution in [2.45, 2.75) is 6.42 Å². The van der Waals surface area contributed by atoms with Gasteiger partial charge in [-0.05, 0) is 30.2 Å². The van der Waals surface area contributed by atoms with E-state index in [4.69, 9.17) is 16.7 Å². The average Bonchev–Trinajstić information content (AvgIpc) is 2.48. The van der Waals surface area contributed by atoms with Crippen LogP contribution in [0.2, 0.25) is 5.02 Å². The van der Waals surface area contributed by atoms with Gasteiger partial charge in [-0.2, -0.15) is 0 Å². The number of aromatic nitrogens is 1. The zero-order valence-corrected chi connectivity index (χ0v) is 11.8. The molecule has 1 aromatic heterocycles. The van der Waals surface area contributed by atoms with Crippen molar-refractivity contribution >= 4 is 23.5 Å². The Kier molecular flexibility index (Phi) is 4.90. The molecule has 6 heteroatoms. The number of carboxylic acid groups (broad SMARTS) is 1. The van der Waals surface area contributed by atoms with Crippen LogP contribution in [-0.4, -0.2) is 28.5 Å². The Labute approximate surface area is 126 Å². The summed E-state index contributed by atoms with van der Waals surface area (Å²) in [5.41, 5.74) is 1.57. The van der Waals surface area contributed by atoms with Crippen molar-refractivity contribution in [2.24, 2.45) is 0 Å². The number of nitrogens with zero attached hydrogens (tertiary/aromatic N) is 1. The van der Waals surface area contributed by atoms with Gasteiger partial charge < -0.3 is 10.4 Å². The number of rotatable bonds is 5. The number of hydrogen-bond donors (Lipinski definition) is 2. The quantitative estimate of drug-likeness (QED) is 0.889. The second kappa shape index (κ2) is 6.85. The summed E-state index contributed by atoms with van der Waals surface area (Å²) in [6, 6.07) is 8.10. The molecule has 0 fully saturated rings. The van der Waals surface area contributed by atoms with Gasteiger partial charge in [0.05, 0.1) is 16.1 Å². The number of halogens is 1. The van der Waals surface area contributed by atoms with Crippen LogP contribution in [0.4, 0.5) is 0 Å². The summed E-state index contributed by atoms with van der Waals surface area (Å²) >= 11 is 5.88. The molecule has 2 N–H and O–H groups in total. The third kappa shape index (κ3) is 4.03. The van der Waals surface area contributed by atoms with E-state index >= 15 is 0 Å². The standard InChI is InChI=1S/C15H13ClN2O3/c16-13-9-17-7-6-12(13)14(19)18-8-5-10-1-3-11(4-2-10)15(20)21/h1-4,6-7,9H,5,8H2,(H,18,19)(H,20,21). The molecule has 0 unspecified atom stereocenters. The lowest BCUT2D eigenvalue weighted by Crippen LogP contribution is -2.26. The molecule has 2 aromatic rings. The molecule has 108 valence electrons. The first-order valence-corrected chi connectivity index (χ1v) is 6.65. The highest BCUT2D eigenvalue weighted by Gasteiger charge is 2.09. The SMILES string of the molecule is O=C(O)c1ccc(CCNC(=O)c2ccncc2Cl)cc1. The van der Waals surface area contributed by atoms with Crippen molar-refractivity contribution in [3.05, 3.63) is 64.4 Å². The number of nitrogens with one attached hydrogen (secondary N) is 1. The lowest BCUT2D eigenvalue weighted by molar-refractivity contribution is 0.0696. The third-order valence-corrected chi connectivity index (χ3v) is 3.22. The van der Waals surface area contributed by atoms with E-state index in [0.717, 1.165) is 5.56 Å². The number of carbonyl (C=O) groups excluding carboxylic acids is 1. The minimum Gasteiger partial charge on any atom is -0.478 e. The third-order valence-electron chi connectivity index (χ3n) is 2.92. The molecule has 0 spiro atoms. The van der Waals surface area contributed by atoms with Crippen LogP contribution >= 0.6 is 11.6 Å². The van der Waals surface area contributed by atoms with E-state index in [-0.39, 0.29) is 11.5 Å². The first kappa shape index (κ1) is 15.0. The Morgan fingerprint density at radius 2 is 1.90 bits per heavy atom. The van der Waals surface area contributed by atoms with Gasteiger partial charge in [0.15, 0.2) is 0 Å². The molecule has 0 bridgehead atoms. The molecule has 0 atom stereocenters. The second-order valence-corrected chi connectivity index (χ2v) is 4.77. The van der Waals surface area contributed by atoms with Crippen molar-refractivity contribution < 1.29 is 14.7 Å². The van der Waals surface area contributed by atoms with E-state index in [1.54, 1.807) is 30.3 Å². The van der Waals surface area contributed by atoms with Crippen LogP contribution in [-0.2, 0) is 6.42 Å². The fraction of sp³-hybridized carbons (Fsp3) is 0.133. The molecule has 0 aliphatic carbocycles. The Balaban J connectivity index is 1.88. The lowest BCUT2D eigenvalue weighted by atomic mass is 10.1. The monoisotopic (exact) mass is 304 g/mol. The van der Waals surface area contributed by atoms with Gasteiger partial charge in [0.1, 0.15) is 0 Å². The van der Waals surface area contributed by atoms with Crippen LogP contribution in [0.1, 0.15) is 26.3 Å². The Morgan fingerprint density at radius 3 is 2.52 bits per heavy atom. The van der Waals surface area contributed by atoms with Crippen molar-refractivity contribution in [3.8, 4) is 0 Å². The van der Waals surface area contributed by atoms with Gasteiger partial charge >= 0.3 is 5.97 Å². The van der Waals surface area contributed by atoms with Crippen molar-refractivity contribution in [3.63, 3.8) is 0 Å². The van der Waals surface area contributed by atoms with Gasteiger partial charge in [0, 0.05) is 18.9 Å². The largest absolute Gasteiger partial charge is 0.478 e. The highest BCUT2D eigenvalue weighted by molar-refractivity contribution is 6.33. The number of aromatic carboxylic acids is 1. The summed E-state index contributed by atoms with van der Waals surface area (Å²) in [7, 11) is 0. The molecule has 0 saturated heterocycles. The summed E-state index contributed by atoms with van der Waals surface area (Å²) in [6.07, 6.45) is 3.53. The molecular formula is C15H13ClN2O3. The molecule has 21 heavy (non-hydrogen) atoms. The Hall–Kier alpha value is -2.40. The molecule has 1 amide bonds. The fourth-order valence-electron chi connectivity index (χ4n) is 1.79. The van der Waals surface area contributed by atoms with Gasteiger partial charge in [-0.15, -0.1) is 0 Å². The maximum absolute atomic E-state index is 11.9. The van der Waals surface area contributed by atoms with Gasteiger partial charge in [0.25, 0.3) is 5.91 Å². The summed E-state index contributed by atoms with van der Waals surface area (Å²) in [6.45, 7) is 0.434. The Bertz CT molecular complexity index is 656. The number of carbonyl (C=O) groups is 2. The lowest BCUT2D eigenvalue weighted by Gasteiger charge is -2.06. The smallest absolute Gasteiger partial charge is 0.335 e. The van der Waals surface area contributed by atoms with E-state index in [1.165, 1.54) is 12.4 Å². The zero-order chi connectivity index (χ0) is 15.2. The molecule has 0 aliphatic rings. The predicted molar refractivity (Wildman–Crippen MR) is 78.7 cm³/mol.